The number of alkyl halides is 1. The molecule has 1 rings (SSSR count). The number of carbonyl (C=O) groups excluding carboxylic acids is 1. The molecule has 1 aromatic rings. The monoisotopic (exact) mass is 368 g/mol. The summed E-state index contributed by atoms with van der Waals surface area (Å²) >= 11 is 7.47. The fourth-order valence-corrected chi connectivity index (χ4v) is 3.18. The molecule has 0 saturated heterocycles. The summed E-state index contributed by atoms with van der Waals surface area (Å²) in [5, 5.41) is 0.645. The summed E-state index contributed by atoms with van der Waals surface area (Å²) in [6.45, 7) is 3.50. The van der Waals surface area contributed by atoms with Crippen molar-refractivity contribution in [2.24, 2.45) is 0 Å². The standard InChI is InChI=1S/C12H14BrClO4S/c1-7(2)18-12(15)9-4-3-8(6-19(16)17)10(5-13)11(9)14/h3-4,7H,5-6H2,1-2H3,(H,16,17). The summed E-state index contributed by atoms with van der Waals surface area (Å²) in [6, 6.07) is 3.13. The highest BCUT2D eigenvalue weighted by Crippen LogP contribution is 2.28. The first-order valence-corrected chi connectivity index (χ1v) is 8.29. The van der Waals surface area contributed by atoms with Gasteiger partial charge in [-0.05, 0) is 31.0 Å². The number of rotatable bonds is 5. The van der Waals surface area contributed by atoms with E-state index in [1.807, 2.05) is 0 Å². The van der Waals surface area contributed by atoms with Crippen LogP contribution in [0.25, 0.3) is 0 Å². The molecular weight excluding hydrogens is 356 g/mol. The van der Waals surface area contributed by atoms with Crippen molar-refractivity contribution in [2.75, 3.05) is 0 Å². The molecule has 0 bridgehead atoms. The summed E-state index contributed by atoms with van der Waals surface area (Å²) in [7, 11) is 0. The van der Waals surface area contributed by atoms with Gasteiger partial charge in [0.15, 0.2) is 11.1 Å². The van der Waals surface area contributed by atoms with E-state index in [1.165, 1.54) is 6.07 Å². The molecule has 0 aromatic heterocycles. The van der Waals surface area contributed by atoms with Crippen LogP contribution in [0.5, 0.6) is 0 Å². The molecule has 19 heavy (non-hydrogen) atoms. The van der Waals surface area contributed by atoms with Gasteiger partial charge in [0.2, 0.25) is 0 Å². The molecule has 4 nitrogen and oxygen atoms in total. The number of esters is 1. The first-order chi connectivity index (χ1) is 8.86. The van der Waals surface area contributed by atoms with Gasteiger partial charge in [-0.15, -0.1) is 0 Å². The molecule has 1 N–H and O–H groups in total. The van der Waals surface area contributed by atoms with E-state index >= 15 is 0 Å². The first-order valence-electron chi connectivity index (χ1n) is 5.51. The topological polar surface area (TPSA) is 63.6 Å². The Morgan fingerprint density at radius 2 is 2.16 bits per heavy atom. The minimum absolute atomic E-state index is 0.0276. The fourth-order valence-electron chi connectivity index (χ4n) is 1.51. The van der Waals surface area contributed by atoms with Crippen LogP contribution in [0.3, 0.4) is 0 Å². The fraction of sp³-hybridized carbons (Fsp3) is 0.417. The predicted molar refractivity (Wildman–Crippen MR) is 79.1 cm³/mol. The number of hydrogen-bond donors (Lipinski definition) is 1. The molecule has 106 valence electrons. The van der Waals surface area contributed by atoms with Crippen molar-refractivity contribution < 1.29 is 18.3 Å². The molecule has 0 aliphatic heterocycles. The molecule has 0 saturated carbocycles. The smallest absolute Gasteiger partial charge is 0.339 e. The largest absolute Gasteiger partial charge is 0.459 e. The molecule has 1 aromatic carbocycles. The van der Waals surface area contributed by atoms with E-state index < -0.39 is 17.0 Å². The van der Waals surface area contributed by atoms with Crippen molar-refractivity contribution >= 4 is 44.6 Å². The van der Waals surface area contributed by atoms with Crippen LogP contribution in [0.2, 0.25) is 5.02 Å². The van der Waals surface area contributed by atoms with E-state index in [4.69, 9.17) is 20.9 Å². The third kappa shape index (κ3) is 4.56. The van der Waals surface area contributed by atoms with Crippen LogP contribution < -0.4 is 0 Å². The number of carbonyl (C=O) groups is 1. The molecule has 0 spiro atoms. The Kier molecular flexibility index (Phi) is 6.46. The zero-order valence-corrected chi connectivity index (χ0v) is 13.6. The normalized spacial score (nSPS) is 12.5. The Hall–Kier alpha value is -0.430. The quantitative estimate of drug-likeness (QED) is 0.490. The van der Waals surface area contributed by atoms with Crippen molar-refractivity contribution in [2.45, 2.75) is 31.0 Å². The third-order valence-corrected chi connectivity index (χ3v) is 3.87. The summed E-state index contributed by atoms with van der Waals surface area (Å²) in [5.41, 5.74) is 1.52. The predicted octanol–water partition coefficient (Wildman–Crippen LogP) is 3.52. The van der Waals surface area contributed by atoms with E-state index in [-0.39, 0.29) is 22.4 Å². The van der Waals surface area contributed by atoms with Crippen molar-refractivity contribution in [3.05, 3.63) is 33.8 Å². The van der Waals surface area contributed by atoms with E-state index in [2.05, 4.69) is 15.9 Å². The lowest BCUT2D eigenvalue weighted by atomic mass is 10.1. The Morgan fingerprint density at radius 3 is 2.63 bits per heavy atom. The molecule has 0 fully saturated rings. The van der Waals surface area contributed by atoms with E-state index in [1.54, 1.807) is 19.9 Å². The zero-order valence-electron chi connectivity index (χ0n) is 10.5. The summed E-state index contributed by atoms with van der Waals surface area (Å²) in [5.74, 6) is -0.529. The lowest BCUT2D eigenvalue weighted by Gasteiger charge is -2.13. The van der Waals surface area contributed by atoms with Crippen LogP contribution in [0.1, 0.15) is 35.3 Å². The van der Waals surface area contributed by atoms with Crippen LogP contribution in [-0.2, 0) is 26.9 Å². The first kappa shape index (κ1) is 16.6. The number of hydrogen-bond acceptors (Lipinski definition) is 3. The second-order valence-corrected chi connectivity index (χ2v) is 5.99. The van der Waals surface area contributed by atoms with E-state index in [9.17, 15) is 9.00 Å². The summed E-state index contributed by atoms with van der Waals surface area (Å²) < 4.78 is 24.9. The van der Waals surface area contributed by atoms with Crippen LogP contribution in [-0.4, -0.2) is 20.8 Å². The van der Waals surface area contributed by atoms with Crippen LogP contribution in [0.4, 0.5) is 0 Å². The summed E-state index contributed by atoms with van der Waals surface area (Å²) in [6.07, 6.45) is -0.236. The maximum atomic E-state index is 11.8. The molecule has 0 heterocycles. The molecule has 0 aliphatic rings. The number of halogens is 2. The van der Waals surface area contributed by atoms with E-state index in [0.717, 1.165) is 0 Å². The SMILES string of the molecule is CC(C)OC(=O)c1ccc(CS(=O)O)c(CBr)c1Cl. The molecule has 1 atom stereocenters. The van der Waals surface area contributed by atoms with Crippen LogP contribution >= 0.6 is 27.5 Å². The van der Waals surface area contributed by atoms with Gasteiger partial charge in [0.25, 0.3) is 0 Å². The van der Waals surface area contributed by atoms with Gasteiger partial charge in [0, 0.05) is 5.33 Å². The highest BCUT2D eigenvalue weighted by Gasteiger charge is 2.18. The highest BCUT2D eigenvalue weighted by atomic mass is 79.9. The van der Waals surface area contributed by atoms with Gasteiger partial charge in [-0.1, -0.05) is 33.6 Å². The van der Waals surface area contributed by atoms with Gasteiger partial charge in [0.05, 0.1) is 22.4 Å². The molecule has 0 radical (unpaired) electrons. The van der Waals surface area contributed by atoms with Crippen molar-refractivity contribution in [3.63, 3.8) is 0 Å². The van der Waals surface area contributed by atoms with Gasteiger partial charge >= 0.3 is 5.97 Å². The van der Waals surface area contributed by atoms with Gasteiger partial charge < -0.3 is 9.29 Å². The Bertz CT molecular complexity index is 505. The number of ether oxygens (including phenoxy) is 1. The van der Waals surface area contributed by atoms with E-state index in [0.29, 0.717) is 16.5 Å². The Morgan fingerprint density at radius 1 is 1.53 bits per heavy atom. The zero-order chi connectivity index (χ0) is 14.6. The Labute approximate surface area is 127 Å². The molecule has 1 unspecified atom stereocenters. The maximum Gasteiger partial charge on any atom is 0.339 e. The lowest BCUT2D eigenvalue weighted by molar-refractivity contribution is 0.0378. The molecule has 0 amide bonds. The van der Waals surface area contributed by atoms with Crippen LogP contribution in [0, 0.1) is 0 Å². The van der Waals surface area contributed by atoms with Crippen LogP contribution in [0.15, 0.2) is 12.1 Å². The van der Waals surface area contributed by atoms with Crippen molar-refractivity contribution in [3.8, 4) is 0 Å². The average molecular weight is 370 g/mol. The second kappa shape index (κ2) is 7.38. The van der Waals surface area contributed by atoms with Crippen molar-refractivity contribution in [1.29, 1.82) is 0 Å². The second-order valence-electron chi connectivity index (χ2n) is 4.12. The van der Waals surface area contributed by atoms with Crippen molar-refractivity contribution in [1.82, 2.24) is 0 Å². The third-order valence-electron chi connectivity index (χ3n) is 2.32. The Balaban J connectivity index is 3.17. The minimum Gasteiger partial charge on any atom is -0.459 e. The molecular formula is C12H14BrClO4S. The molecule has 0 aliphatic carbocycles. The minimum atomic E-state index is -1.96. The van der Waals surface area contributed by atoms with Gasteiger partial charge in [0.1, 0.15) is 0 Å². The van der Waals surface area contributed by atoms with Gasteiger partial charge in [-0.25, -0.2) is 9.00 Å². The van der Waals surface area contributed by atoms with Gasteiger partial charge in [-0.3, -0.25) is 0 Å². The number of benzene rings is 1. The maximum absolute atomic E-state index is 11.8. The summed E-state index contributed by atoms with van der Waals surface area (Å²) in [4.78, 5) is 11.8. The highest BCUT2D eigenvalue weighted by molar-refractivity contribution is 9.08. The average Bonchev–Trinajstić information content (AvgIpc) is 2.27. The lowest BCUT2D eigenvalue weighted by Crippen LogP contribution is -2.13. The van der Waals surface area contributed by atoms with Gasteiger partial charge in [-0.2, -0.15) is 0 Å². The molecule has 7 heteroatoms.